The third kappa shape index (κ3) is 4.59. The van der Waals surface area contributed by atoms with Gasteiger partial charge in [-0.15, -0.1) is 0 Å². The number of nitrogens with one attached hydrogen (secondary N) is 2. The molecule has 0 unspecified atom stereocenters. The minimum Gasteiger partial charge on any atom is -0.459 e. The van der Waals surface area contributed by atoms with E-state index in [2.05, 4.69) is 10.6 Å². The number of furan rings is 1. The third-order valence-corrected chi connectivity index (χ3v) is 4.49. The first-order valence-electron chi connectivity index (χ1n) is 6.88. The Balaban J connectivity index is 1.92. The predicted octanol–water partition coefficient (Wildman–Crippen LogP) is 1.50. The van der Waals surface area contributed by atoms with Crippen molar-refractivity contribution in [3.8, 4) is 0 Å². The Labute approximate surface area is 143 Å². The van der Waals surface area contributed by atoms with Crippen molar-refractivity contribution in [1.82, 2.24) is 10.6 Å². The van der Waals surface area contributed by atoms with Gasteiger partial charge in [0.1, 0.15) is 0 Å². The molecule has 2 amide bonds. The smallest absolute Gasteiger partial charge is 0.287 e. The maximum atomic E-state index is 12.1. The topological polar surface area (TPSA) is 105 Å². The zero-order valence-corrected chi connectivity index (χ0v) is 14.3. The van der Waals surface area contributed by atoms with Gasteiger partial charge in [0.25, 0.3) is 11.8 Å². The lowest BCUT2D eigenvalue weighted by atomic mass is 10.2. The molecule has 0 aliphatic heterocycles. The molecule has 24 heavy (non-hydrogen) atoms. The third-order valence-electron chi connectivity index (χ3n) is 3.05. The summed E-state index contributed by atoms with van der Waals surface area (Å²) < 4.78 is 28.0. The molecule has 0 saturated carbocycles. The van der Waals surface area contributed by atoms with Crippen molar-refractivity contribution in [2.24, 2.45) is 0 Å². The quantitative estimate of drug-likeness (QED) is 0.749. The van der Waals surface area contributed by atoms with Crippen LogP contribution in [0.15, 0.2) is 45.9 Å². The number of rotatable bonds is 6. The van der Waals surface area contributed by atoms with E-state index < -0.39 is 21.7 Å². The van der Waals surface area contributed by atoms with Crippen molar-refractivity contribution < 1.29 is 22.4 Å². The largest absolute Gasteiger partial charge is 0.459 e. The molecule has 128 valence electrons. The van der Waals surface area contributed by atoms with Crippen molar-refractivity contribution in [1.29, 1.82) is 0 Å². The molecule has 1 aromatic carbocycles. The van der Waals surface area contributed by atoms with Crippen LogP contribution in [0, 0.1) is 0 Å². The van der Waals surface area contributed by atoms with Crippen molar-refractivity contribution in [2.45, 2.75) is 4.90 Å². The minimum absolute atomic E-state index is 0.00294. The fourth-order valence-electron chi connectivity index (χ4n) is 1.85. The first-order chi connectivity index (χ1) is 11.3. The fourth-order valence-corrected chi connectivity index (χ4v) is 2.70. The molecule has 9 heteroatoms. The van der Waals surface area contributed by atoms with Crippen LogP contribution in [0.3, 0.4) is 0 Å². The Hall–Kier alpha value is -2.32. The highest BCUT2D eigenvalue weighted by molar-refractivity contribution is 7.90. The summed E-state index contributed by atoms with van der Waals surface area (Å²) in [7, 11) is -3.44. The second-order valence-electron chi connectivity index (χ2n) is 4.90. The Morgan fingerprint density at radius 3 is 2.38 bits per heavy atom. The lowest BCUT2D eigenvalue weighted by molar-refractivity contribution is 0.0910. The summed E-state index contributed by atoms with van der Waals surface area (Å²) in [4.78, 5) is 23.7. The highest BCUT2D eigenvalue weighted by Crippen LogP contribution is 2.20. The van der Waals surface area contributed by atoms with E-state index in [-0.39, 0.29) is 34.3 Å². The van der Waals surface area contributed by atoms with Gasteiger partial charge in [-0.05, 0) is 30.3 Å². The van der Waals surface area contributed by atoms with Crippen LogP contribution in [-0.4, -0.2) is 39.6 Å². The van der Waals surface area contributed by atoms with E-state index >= 15 is 0 Å². The molecule has 0 bridgehead atoms. The minimum atomic E-state index is -3.44. The van der Waals surface area contributed by atoms with Gasteiger partial charge in [0.05, 0.1) is 21.7 Å². The predicted molar refractivity (Wildman–Crippen MR) is 87.9 cm³/mol. The van der Waals surface area contributed by atoms with Crippen LogP contribution in [0.4, 0.5) is 0 Å². The molecule has 7 nitrogen and oxygen atoms in total. The summed E-state index contributed by atoms with van der Waals surface area (Å²) in [6.07, 6.45) is 2.43. The van der Waals surface area contributed by atoms with E-state index in [9.17, 15) is 18.0 Å². The first kappa shape index (κ1) is 18.0. The second-order valence-corrected chi connectivity index (χ2v) is 7.33. The van der Waals surface area contributed by atoms with E-state index in [4.69, 9.17) is 16.0 Å². The van der Waals surface area contributed by atoms with Crippen molar-refractivity contribution in [3.05, 3.63) is 52.9 Å². The maximum absolute atomic E-state index is 12.1. The number of benzene rings is 1. The molecule has 1 aromatic heterocycles. The molecule has 0 atom stereocenters. The lowest BCUT2D eigenvalue weighted by Crippen LogP contribution is -2.34. The van der Waals surface area contributed by atoms with Crippen LogP contribution in [-0.2, 0) is 9.84 Å². The molecule has 0 fully saturated rings. The number of sulfone groups is 1. The fraction of sp³-hybridized carbons (Fsp3) is 0.200. The van der Waals surface area contributed by atoms with Gasteiger partial charge in [-0.25, -0.2) is 8.42 Å². The number of hydrogen-bond donors (Lipinski definition) is 2. The molecule has 0 spiro atoms. The molecular weight excluding hydrogens is 356 g/mol. The van der Waals surface area contributed by atoms with Gasteiger partial charge in [0, 0.05) is 19.3 Å². The zero-order chi connectivity index (χ0) is 17.7. The second kappa shape index (κ2) is 7.50. The highest BCUT2D eigenvalue weighted by Gasteiger charge is 2.15. The summed E-state index contributed by atoms with van der Waals surface area (Å²) in [6.45, 7) is 0.319. The zero-order valence-electron chi connectivity index (χ0n) is 12.7. The van der Waals surface area contributed by atoms with E-state index in [1.54, 1.807) is 6.07 Å². The normalized spacial score (nSPS) is 11.1. The Morgan fingerprint density at radius 1 is 1.12 bits per heavy atom. The monoisotopic (exact) mass is 370 g/mol. The lowest BCUT2D eigenvalue weighted by Gasteiger charge is -2.09. The summed E-state index contributed by atoms with van der Waals surface area (Å²) >= 11 is 5.93. The van der Waals surface area contributed by atoms with Gasteiger partial charge in [-0.3, -0.25) is 9.59 Å². The van der Waals surface area contributed by atoms with Crippen LogP contribution in [0.1, 0.15) is 20.9 Å². The molecule has 2 aromatic rings. The van der Waals surface area contributed by atoms with Crippen LogP contribution < -0.4 is 10.6 Å². The average Bonchev–Trinajstić information content (AvgIpc) is 3.04. The summed E-state index contributed by atoms with van der Waals surface area (Å²) in [5.41, 5.74) is 0.0527. The van der Waals surface area contributed by atoms with E-state index in [1.165, 1.54) is 30.5 Å². The Kier molecular flexibility index (Phi) is 5.63. The van der Waals surface area contributed by atoms with Crippen molar-refractivity contribution >= 4 is 33.3 Å². The number of amides is 2. The summed E-state index contributed by atoms with van der Waals surface area (Å²) in [6, 6.07) is 7.01. The Bertz CT molecular complexity index is 847. The van der Waals surface area contributed by atoms with E-state index in [0.29, 0.717) is 0 Å². The van der Waals surface area contributed by atoms with Crippen LogP contribution in [0.5, 0.6) is 0 Å². The van der Waals surface area contributed by atoms with Crippen molar-refractivity contribution in [2.75, 3.05) is 19.3 Å². The van der Waals surface area contributed by atoms with Gasteiger partial charge in [0.15, 0.2) is 15.6 Å². The summed E-state index contributed by atoms with van der Waals surface area (Å²) in [5, 5.41) is 5.26. The first-order valence-corrected chi connectivity index (χ1v) is 9.15. The molecule has 0 radical (unpaired) electrons. The van der Waals surface area contributed by atoms with Gasteiger partial charge >= 0.3 is 0 Å². The van der Waals surface area contributed by atoms with Gasteiger partial charge in [-0.2, -0.15) is 0 Å². The number of hydrogen-bond acceptors (Lipinski definition) is 5. The van der Waals surface area contributed by atoms with Crippen molar-refractivity contribution in [3.63, 3.8) is 0 Å². The molecule has 1 heterocycles. The standard InChI is InChI=1S/C15H15ClN2O5S/c1-24(21,22)10-4-5-12(16)11(9-10)14(19)17-6-7-18-15(20)13-3-2-8-23-13/h2-5,8-9H,6-7H2,1H3,(H,17,19)(H,18,20). The van der Waals surface area contributed by atoms with Gasteiger partial charge in [-0.1, -0.05) is 11.6 Å². The highest BCUT2D eigenvalue weighted by atomic mass is 35.5. The van der Waals surface area contributed by atoms with E-state index in [1.807, 2.05) is 0 Å². The molecule has 0 saturated heterocycles. The molecule has 0 aliphatic carbocycles. The van der Waals surface area contributed by atoms with Gasteiger partial charge in [0.2, 0.25) is 0 Å². The maximum Gasteiger partial charge on any atom is 0.287 e. The molecule has 0 aliphatic rings. The van der Waals surface area contributed by atoms with Crippen LogP contribution in [0.2, 0.25) is 5.02 Å². The number of carbonyl (C=O) groups is 2. The molecule has 2 N–H and O–H groups in total. The van der Waals surface area contributed by atoms with Gasteiger partial charge < -0.3 is 15.1 Å². The number of halogens is 1. The number of carbonyl (C=O) groups excluding carboxylic acids is 2. The summed E-state index contributed by atoms with van der Waals surface area (Å²) in [5.74, 6) is -0.755. The SMILES string of the molecule is CS(=O)(=O)c1ccc(Cl)c(C(=O)NCCNC(=O)c2ccco2)c1. The van der Waals surface area contributed by atoms with Crippen LogP contribution in [0.25, 0.3) is 0 Å². The molecular formula is C15H15ClN2O5S. The Morgan fingerprint density at radius 2 is 1.79 bits per heavy atom. The average molecular weight is 371 g/mol. The van der Waals surface area contributed by atoms with E-state index in [0.717, 1.165) is 6.26 Å². The molecule has 2 rings (SSSR count). The van der Waals surface area contributed by atoms with Crippen LogP contribution >= 0.6 is 11.6 Å².